The second-order valence-corrected chi connectivity index (χ2v) is 7.73. The third-order valence-electron chi connectivity index (χ3n) is 3.41. The average molecular weight is 440 g/mol. The van der Waals surface area contributed by atoms with E-state index in [9.17, 15) is 19.1 Å². The summed E-state index contributed by atoms with van der Waals surface area (Å²) in [5, 5.41) is 9.72. The number of nitrogens with two attached hydrogens (primary N) is 1. The van der Waals surface area contributed by atoms with Gasteiger partial charge in [0.05, 0.1) is 11.1 Å². The predicted molar refractivity (Wildman–Crippen MR) is 96.4 cm³/mol. The first-order valence-electron chi connectivity index (χ1n) is 7.51. The van der Waals surface area contributed by atoms with Gasteiger partial charge in [-0.2, -0.15) is 0 Å². The highest BCUT2D eigenvalue weighted by Gasteiger charge is 2.34. The lowest BCUT2D eigenvalue weighted by Crippen LogP contribution is -2.53. The average Bonchev–Trinajstić information content (AvgIpc) is 2.44. The van der Waals surface area contributed by atoms with E-state index in [4.69, 9.17) is 22.1 Å². The molecule has 1 rings (SSSR count). The molecule has 0 radical (unpaired) electrons. The van der Waals surface area contributed by atoms with Crippen LogP contribution in [0.25, 0.3) is 0 Å². The minimum absolute atomic E-state index is 0.00549. The third-order valence-corrected chi connectivity index (χ3v) is 4.65. The Bertz CT molecular complexity index is 652. The molecule has 0 saturated carbocycles. The normalized spacial score (nSPS) is 12.6. The molecule has 3 N–H and O–H groups in total. The molecule has 0 heterocycles. The van der Waals surface area contributed by atoms with E-state index >= 15 is 0 Å². The summed E-state index contributed by atoms with van der Waals surface area (Å²) in [5.41, 5.74) is 4.44. The number of carbonyl (C=O) groups excluding carboxylic acids is 1. The van der Waals surface area contributed by atoms with E-state index < -0.39 is 29.4 Å². The first kappa shape index (κ1) is 21.5. The van der Waals surface area contributed by atoms with Crippen LogP contribution in [0.4, 0.5) is 9.18 Å². The Kier molecular flexibility index (Phi) is 7.49. The molecular weight excluding hydrogens is 419 g/mol. The zero-order valence-electron chi connectivity index (χ0n) is 14.2. The number of carboxylic acid groups (broad SMARTS) is 1. The van der Waals surface area contributed by atoms with Gasteiger partial charge in [0, 0.05) is 22.5 Å². The Morgan fingerprint density at radius 1 is 1.44 bits per heavy atom. The molecule has 1 aromatic carbocycles. The van der Waals surface area contributed by atoms with Crippen LogP contribution in [-0.2, 0) is 4.79 Å². The molecule has 0 aliphatic rings. The Hall–Kier alpha value is -1.54. The molecule has 0 aromatic heterocycles. The van der Waals surface area contributed by atoms with Crippen LogP contribution in [0.2, 0.25) is 5.02 Å². The lowest BCUT2D eigenvalue weighted by atomic mass is 10.0. The predicted octanol–water partition coefficient (Wildman–Crippen LogP) is 4.03. The van der Waals surface area contributed by atoms with Crippen LogP contribution in [0, 0.1) is 5.82 Å². The second-order valence-electron chi connectivity index (χ2n) is 6.49. The van der Waals surface area contributed by atoms with Crippen molar-refractivity contribution in [2.75, 3.05) is 6.61 Å². The summed E-state index contributed by atoms with van der Waals surface area (Å²) in [6, 6.07) is 1.64. The van der Waals surface area contributed by atoms with E-state index in [1.165, 1.54) is 11.0 Å². The van der Waals surface area contributed by atoms with Crippen molar-refractivity contribution in [3.8, 4) is 5.75 Å². The van der Waals surface area contributed by atoms with Gasteiger partial charge < -0.3 is 15.6 Å². The summed E-state index contributed by atoms with van der Waals surface area (Å²) in [7, 11) is 0. The van der Waals surface area contributed by atoms with Crippen molar-refractivity contribution in [3.63, 3.8) is 0 Å². The Morgan fingerprint density at radius 2 is 2.04 bits per heavy atom. The largest absolute Gasteiger partial charge is 0.490 e. The van der Waals surface area contributed by atoms with Crippen molar-refractivity contribution in [1.82, 2.24) is 4.90 Å². The monoisotopic (exact) mass is 438 g/mol. The molecular formula is C16H21BrClFN2O4. The number of ether oxygens (including phenoxy) is 1. The summed E-state index contributed by atoms with van der Waals surface area (Å²) >= 11 is 9.19. The number of nitrogens with zero attached hydrogens (tertiary/aromatic N) is 1. The number of primary amides is 1. The quantitative estimate of drug-likeness (QED) is 0.627. The van der Waals surface area contributed by atoms with E-state index in [0.29, 0.717) is 4.47 Å². The van der Waals surface area contributed by atoms with Gasteiger partial charge in [0.25, 0.3) is 0 Å². The van der Waals surface area contributed by atoms with Crippen molar-refractivity contribution in [2.45, 2.75) is 45.2 Å². The first-order chi connectivity index (χ1) is 11.4. The van der Waals surface area contributed by atoms with Gasteiger partial charge in [-0.05, 0) is 49.2 Å². The fourth-order valence-corrected chi connectivity index (χ4v) is 2.99. The standard InChI is InChI=1S/C16H21BrClFN2O4/c1-16(2,3)21(15(23)24)10(4-5-13(20)22)8-25-12-7-9(19)6-11(17)14(12)18/h6-7,10H,4-5,8H2,1-3H3,(H2,20,22)(H,23,24)/t10-/m0/s1. The summed E-state index contributed by atoms with van der Waals surface area (Å²) < 4.78 is 19.4. The summed E-state index contributed by atoms with van der Waals surface area (Å²) in [6.07, 6.45) is -0.987. The van der Waals surface area contributed by atoms with Gasteiger partial charge in [0.15, 0.2) is 0 Å². The zero-order chi connectivity index (χ0) is 19.4. The molecule has 0 unspecified atom stereocenters. The van der Waals surface area contributed by atoms with Crippen molar-refractivity contribution in [1.29, 1.82) is 0 Å². The number of hydrogen-bond acceptors (Lipinski definition) is 3. The number of halogens is 3. The highest BCUT2D eigenvalue weighted by Crippen LogP contribution is 2.33. The van der Waals surface area contributed by atoms with Gasteiger partial charge in [0.2, 0.25) is 5.91 Å². The highest BCUT2D eigenvalue weighted by atomic mass is 79.9. The molecule has 6 nitrogen and oxygen atoms in total. The van der Waals surface area contributed by atoms with Crippen molar-refractivity contribution < 1.29 is 23.8 Å². The minimum Gasteiger partial charge on any atom is -0.490 e. The SMILES string of the molecule is CC(C)(C)N(C(=O)O)[C@@H](CCC(N)=O)COc1cc(F)cc(Br)c1Cl. The Labute approximate surface area is 159 Å². The second kappa shape index (κ2) is 8.71. The van der Waals surface area contributed by atoms with Crippen molar-refractivity contribution >= 4 is 39.5 Å². The molecule has 9 heteroatoms. The molecule has 0 aliphatic heterocycles. The number of carbonyl (C=O) groups is 2. The molecule has 1 aromatic rings. The van der Waals surface area contributed by atoms with Gasteiger partial charge in [-0.15, -0.1) is 0 Å². The van der Waals surface area contributed by atoms with E-state index in [2.05, 4.69) is 15.9 Å². The van der Waals surface area contributed by atoms with Crippen LogP contribution in [0.3, 0.4) is 0 Å². The summed E-state index contributed by atoms with van der Waals surface area (Å²) in [4.78, 5) is 24.0. The third kappa shape index (κ3) is 6.36. The zero-order valence-corrected chi connectivity index (χ0v) is 16.5. The van der Waals surface area contributed by atoms with Gasteiger partial charge in [-0.25, -0.2) is 9.18 Å². The number of amides is 2. The number of benzene rings is 1. The molecule has 140 valence electrons. The molecule has 1 atom stereocenters. The molecule has 2 amide bonds. The first-order valence-corrected chi connectivity index (χ1v) is 8.68. The van der Waals surface area contributed by atoms with Crippen molar-refractivity contribution in [3.05, 3.63) is 27.4 Å². The van der Waals surface area contributed by atoms with E-state index in [0.717, 1.165) is 6.07 Å². The number of rotatable bonds is 7. The molecule has 0 fully saturated rings. The van der Waals surface area contributed by atoms with Crippen LogP contribution < -0.4 is 10.5 Å². The van der Waals surface area contributed by atoms with Gasteiger partial charge in [0.1, 0.15) is 18.2 Å². The topological polar surface area (TPSA) is 92.9 Å². The molecule has 0 saturated heterocycles. The van der Waals surface area contributed by atoms with Gasteiger partial charge in [-0.1, -0.05) is 11.6 Å². The van der Waals surface area contributed by atoms with Crippen LogP contribution >= 0.6 is 27.5 Å². The maximum atomic E-state index is 13.5. The van der Waals surface area contributed by atoms with E-state index in [1.807, 2.05) is 0 Å². The van der Waals surface area contributed by atoms with Crippen LogP contribution in [-0.4, -0.2) is 40.2 Å². The number of hydrogen-bond donors (Lipinski definition) is 2. The lowest BCUT2D eigenvalue weighted by molar-refractivity contribution is -0.118. The maximum absolute atomic E-state index is 13.5. The highest BCUT2D eigenvalue weighted by molar-refractivity contribution is 9.10. The molecule has 0 spiro atoms. The van der Waals surface area contributed by atoms with E-state index in [1.54, 1.807) is 20.8 Å². The summed E-state index contributed by atoms with van der Waals surface area (Å²) in [6.45, 7) is 5.07. The lowest BCUT2D eigenvalue weighted by Gasteiger charge is -2.39. The molecule has 0 bridgehead atoms. The smallest absolute Gasteiger partial charge is 0.408 e. The fourth-order valence-electron chi connectivity index (χ4n) is 2.41. The molecule has 0 aliphatic carbocycles. The minimum atomic E-state index is -1.16. The maximum Gasteiger partial charge on any atom is 0.408 e. The van der Waals surface area contributed by atoms with Gasteiger partial charge >= 0.3 is 6.09 Å². The van der Waals surface area contributed by atoms with Gasteiger partial charge in [-0.3, -0.25) is 9.69 Å². The van der Waals surface area contributed by atoms with Crippen LogP contribution in [0.1, 0.15) is 33.6 Å². The Morgan fingerprint density at radius 3 is 2.52 bits per heavy atom. The van der Waals surface area contributed by atoms with Crippen molar-refractivity contribution in [2.24, 2.45) is 5.73 Å². The Balaban J connectivity index is 3.05. The fraction of sp³-hybridized carbons (Fsp3) is 0.500. The van der Waals surface area contributed by atoms with E-state index in [-0.39, 0.29) is 30.2 Å². The molecule has 25 heavy (non-hydrogen) atoms. The van der Waals surface area contributed by atoms with Crippen LogP contribution in [0.15, 0.2) is 16.6 Å². The summed E-state index contributed by atoms with van der Waals surface area (Å²) in [5.74, 6) is -1.02. The van der Waals surface area contributed by atoms with Crippen LogP contribution in [0.5, 0.6) is 5.75 Å².